The molecule has 118 valence electrons. The van der Waals surface area contributed by atoms with Gasteiger partial charge in [0.25, 0.3) is 0 Å². The third kappa shape index (κ3) is 4.60. The van der Waals surface area contributed by atoms with Gasteiger partial charge in [0.15, 0.2) is 0 Å². The van der Waals surface area contributed by atoms with Gasteiger partial charge in [-0.1, -0.05) is 30.7 Å². The molecule has 1 aliphatic heterocycles. The van der Waals surface area contributed by atoms with E-state index in [1.807, 2.05) is 36.1 Å². The molecule has 0 radical (unpaired) electrons. The number of nitrogens with one attached hydrogen (secondary N) is 1. The summed E-state index contributed by atoms with van der Waals surface area (Å²) >= 11 is 6.03. The number of rotatable bonds is 5. The zero-order valence-corrected chi connectivity index (χ0v) is 14.2. The van der Waals surface area contributed by atoms with Crippen molar-refractivity contribution >= 4 is 29.9 Å². The van der Waals surface area contributed by atoms with E-state index >= 15 is 0 Å². The first kappa shape index (κ1) is 18.3. The average Bonchev–Trinajstić information content (AvgIpc) is 2.97. The van der Waals surface area contributed by atoms with Crippen molar-refractivity contribution in [3.63, 3.8) is 0 Å². The molecule has 1 amide bonds. The molecule has 2 unspecified atom stereocenters. The smallest absolute Gasteiger partial charge is 0.230 e. The van der Waals surface area contributed by atoms with Gasteiger partial charge in [-0.15, -0.1) is 12.4 Å². The van der Waals surface area contributed by atoms with E-state index in [9.17, 15) is 4.79 Å². The summed E-state index contributed by atoms with van der Waals surface area (Å²) in [5, 5.41) is 4.03. The maximum atomic E-state index is 12.8. The summed E-state index contributed by atoms with van der Waals surface area (Å²) in [6.07, 6.45) is 2.04. The molecule has 0 aliphatic carbocycles. The van der Waals surface area contributed by atoms with Crippen LogP contribution in [0.3, 0.4) is 0 Å². The molecule has 1 aromatic rings. The Kier molecular flexibility index (Phi) is 7.50. The van der Waals surface area contributed by atoms with Crippen molar-refractivity contribution in [3.05, 3.63) is 34.9 Å². The van der Waals surface area contributed by atoms with Crippen molar-refractivity contribution in [2.24, 2.45) is 0 Å². The molecule has 0 saturated carbocycles. The molecular weight excluding hydrogens is 307 g/mol. The topological polar surface area (TPSA) is 32.3 Å². The van der Waals surface area contributed by atoms with Crippen molar-refractivity contribution < 1.29 is 4.79 Å². The molecule has 1 fully saturated rings. The molecular formula is C16H24Cl2N2O. The van der Waals surface area contributed by atoms with E-state index in [1.165, 1.54) is 0 Å². The monoisotopic (exact) mass is 330 g/mol. The number of benzene rings is 1. The summed E-state index contributed by atoms with van der Waals surface area (Å²) in [7, 11) is 0. The van der Waals surface area contributed by atoms with Gasteiger partial charge in [-0.3, -0.25) is 4.79 Å². The van der Waals surface area contributed by atoms with E-state index in [0.29, 0.717) is 11.1 Å². The van der Waals surface area contributed by atoms with E-state index in [0.717, 1.165) is 38.0 Å². The van der Waals surface area contributed by atoms with Gasteiger partial charge in [-0.2, -0.15) is 0 Å². The Labute approximate surface area is 138 Å². The Morgan fingerprint density at radius 1 is 1.52 bits per heavy atom. The highest BCUT2D eigenvalue weighted by atomic mass is 35.5. The number of carbonyl (C=O) groups excluding carboxylic acids is 1. The van der Waals surface area contributed by atoms with Crippen LogP contribution in [-0.4, -0.2) is 36.5 Å². The lowest BCUT2D eigenvalue weighted by atomic mass is 9.98. The number of amides is 1. The predicted molar refractivity (Wildman–Crippen MR) is 90.4 cm³/mol. The third-order valence-electron chi connectivity index (χ3n) is 3.94. The van der Waals surface area contributed by atoms with Gasteiger partial charge in [0.1, 0.15) is 0 Å². The van der Waals surface area contributed by atoms with E-state index in [1.54, 1.807) is 0 Å². The van der Waals surface area contributed by atoms with Crippen LogP contribution in [0.1, 0.15) is 38.2 Å². The van der Waals surface area contributed by atoms with Crippen LogP contribution >= 0.6 is 24.0 Å². The van der Waals surface area contributed by atoms with Crippen molar-refractivity contribution in [1.29, 1.82) is 0 Å². The first-order valence-electron chi connectivity index (χ1n) is 7.40. The SMILES string of the molecule is CCCN(C(=O)C(C)c1cccc(Cl)c1)C1CCNC1.Cl. The summed E-state index contributed by atoms with van der Waals surface area (Å²) in [4.78, 5) is 14.8. The van der Waals surface area contributed by atoms with Crippen molar-refractivity contribution in [1.82, 2.24) is 10.2 Å². The minimum atomic E-state index is -0.138. The first-order chi connectivity index (χ1) is 9.63. The van der Waals surface area contributed by atoms with Crippen molar-refractivity contribution in [3.8, 4) is 0 Å². The quantitative estimate of drug-likeness (QED) is 0.896. The number of halogens is 2. The summed E-state index contributed by atoms with van der Waals surface area (Å²) in [6, 6.07) is 7.95. The molecule has 5 heteroatoms. The van der Waals surface area contributed by atoms with Gasteiger partial charge in [0, 0.05) is 24.2 Å². The Bertz CT molecular complexity index is 461. The highest BCUT2D eigenvalue weighted by Gasteiger charge is 2.29. The highest BCUT2D eigenvalue weighted by Crippen LogP contribution is 2.23. The second-order valence-corrected chi connectivity index (χ2v) is 5.89. The van der Waals surface area contributed by atoms with Crippen LogP contribution < -0.4 is 5.32 Å². The van der Waals surface area contributed by atoms with Crippen LogP contribution in [0.5, 0.6) is 0 Å². The fourth-order valence-corrected chi connectivity index (χ4v) is 2.99. The largest absolute Gasteiger partial charge is 0.338 e. The lowest BCUT2D eigenvalue weighted by Gasteiger charge is -2.31. The number of carbonyl (C=O) groups is 1. The Balaban J connectivity index is 0.00000220. The Hall–Kier alpha value is -0.770. The molecule has 2 atom stereocenters. The van der Waals surface area contributed by atoms with Crippen molar-refractivity contribution in [2.45, 2.75) is 38.6 Å². The summed E-state index contributed by atoms with van der Waals surface area (Å²) in [6.45, 7) is 6.83. The molecule has 0 spiro atoms. The third-order valence-corrected chi connectivity index (χ3v) is 4.18. The fraction of sp³-hybridized carbons (Fsp3) is 0.562. The van der Waals surface area contributed by atoms with Gasteiger partial charge >= 0.3 is 0 Å². The van der Waals surface area contributed by atoms with Crippen LogP contribution in [0.2, 0.25) is 5.02 Å². The molecule has 0 bridgehead atoms. The lowest BCUT2D eigenvalue weighted by Crippen LogP contribution is -2.44. The maximum Gasteiger partial charge on any atom is 0.230 e. The van der Waals surface area contributed by atoms with Gasteiger partial charge in [0.05, 0.1) is 5.92 Å². The molecule has 1 N–H and O–H groups in total. The second kappa shape index (κ2) is 8.62. The minimum absolute atomic E-state index is 0. The molecule has 2 rings (SSSR count). The Morgan fingerprint density at radius 3 is 2.86 bits per heavy atom. The van der Waals surface area contributed by atoms with Crippen LogP contribution in [-0.2, 0) is 4.79 Å². The maximum absolute atomic E-state index is 12.8. The molecule has 1 aromatic carbocycles. The molecule has 1 saturated heterocycles. The molecule has 3 nitrogen and oxygen atoms in total. The summed E-state index contributed by atoms with van der Waals surface area (Å²) in [5.41, 5.74) is 0.995. The van der Waals surface area contributed by atoms with Crippen LogP contribution in [0, 0.1) is 0 Å². The summed E-state index contributed by atoms with van der Waals surface area (Å²) in [5.74, 6) is 0.0728. The predicted octanol–water partition coefficient (Wildman–Crippen LogP) is 3.47. The zero-order valence-electron chi connectivity index (χ0n) is 12.6. The van der Waals surface area contributed by atoms with Crippen LogP contribution in [0.4, 0.5) is 0 Å². The van der Waals surface area contributed by atoms with Crippen molar-refractivity contribution in [2.75, 3.05) is 19.6 Å². The van der Waals surface area contributed by atoms with Crippen LogP contribution in [0.15, 0.2) is 24.3 Å². The minimum Gasteiger partial charge on any atom is -0.338 e. The highest BCUT2D eigenvalue weighted by molar-refractivity contribution is 6.30. The van der Waals surface area contributed by atoms with Gasteiger partial charge < -0.3 is 10.2 Å². The number of nitrogens with zero attached hydrogens (tertiary/aromatic N) is 1. The molecule has 21 heavy (non-hydrogen) atoms. The van der Waals surface area contributed by atoms with Crippen LogP contribution in [0.25, 0.3) is 0 Å². The standard InChI is InChI=1S/C16H23ClN2O.ClH/c1-3-9-19(15-7-8-18-11-15)16(20)12(2)13-5-4-6-14(17)10-13;/h4-6,10,12,15,18H,3,7-9,11H2,1-2H3;1H. The molecule has 1 heterocycles. The number of hydrogen-bond acceptors (Lipinski definition) is 2. The average molecular weight is 331 g/mol. The normalized spacial score (nSPS) is 18.9. The first-order valence-corrected chi connectivity index (χ1v) is 7.78. The van der Waals surface area contributed by atoms with E-state index in [4.69, 9.17) is 11.6 Å². The zero-order chi connectivity index (χ0) is 14.5. The summed E-state index contributed by atoms with van der Waals surface area (Å²) < 4.78 is 0. The van der Waals surface area contributed by atoms with Gasteiger partial charge in [0.2, 0.25) is 5.91 Å². The molecule has 1 aliphatic rings. The molecule has 0 aromatic heterocycles. The number of hydrogen-bond donors (Lipinski definition) is 1. The van der Waals surface area contributed by atoms with E-state index in [2.05, 4.69) is 12.2 Å². The van der Waals surface area contributed by atoms with Gasteiger partial charge in [-0.05, 0) is 44.0 Å². The van der Waals surface area contributed by atoms with Gasteiger partial charge in [-0.25, -0.2) is 0 Å². The fourth-order valence-electron chi connectivity index (χ4n) is 2.79. The van der Waals surface area contributed by atoms with E-state index < -0.39 is 0 Å². The van der Waals surface area contributed by atoms with E-state index in [-0.39, 0.29) is 24.2 Å². The lowest BCUT2D eigenvalue weighted by molar-refractivity contribution is -0.134. The Morgan fingerprint density at radius 2 is 2.29 bits per heavy atom. The second-order valence-electron chi connectivity index (χ2n) is 5.45.